The van der Waals surface area contributed by atoms with Crippen molar-refractivity contribution in [2.45, 2.75) is 154 Å². The molecule has 2 amide bonds. The van der Waals surface area contributed by atoms with Gasteiger partial charge in [-0.05, 0) is 159 Å². The molecule has 6 aromatic carbocycles. The van der Waals surface area contributed by atoms with Crippen molar-refractivity contribution >= 4 is 82.5 Å². The first kappa shape index (κ1) is 70.3. The Morgan fingerprint density at radius 1 is 0.411 bits per heavy atom. The molecule has 0 spiro atoms. The lowest BCUT2D eigenvalue weighted by Gasteiger charge is -2.38. The highest BCUT2D eigenvalue weighted by atomic mass is 19.4. The lowest BCUT2D eigenvalue weighted by atomic mass is 9.72. The highest BCUT2D eigenvalue weighted by Gasteiger charge is 2.74. The van der Waals surface area contributed by atoms with Gasteiger partial charge in [0.05, 0.1) is 5.70 Å². The predicted molar refractivity (Wildman–Crippen MR) is 357 cm³/mol. The van der Waals surface area contributed by atoms with E-state index in [0.717, 1.165) is 76.9 Å². The first-order valence-corrected chi connectivity index (χ1v) is 30.2. The summed E-state index contributed by atoms with van der Waals surface area (Å²) in [6.45, 7) is 54.4. The minimum absolute atomic E-state index is 0.0614. The van der Waals surface area contributed by atoms with E-state index in [4.69, 9.17) is 5.73 Å². The lowest BCUT2D eigenvalue weighted by molar-refractivity contribution is -0.290. The van der Waals surface area contributed by atoms with Crippen molar-refractivity contribution < 1.29 is 62.3 Å². The van der Waals surface area contributed by atoms with Gasteiger partial charge in [0.15, 0.2) is 0 Å². The third-order valence-corrected chi connectivity index (χ3v) is 18.2. The van der Waals surface area contributed by atoms with Crippen molar-refractivity contribution in [1.82, 2.24) is 14.0 Å². The molecule has 0 fully saturated rings. The van der Waals surface area contributed by atoms with Crippen molar-refractivity contribution in [1.29, 1.82) is 0 Å². The van der Waals surface area contributed by atoms with Crippen LogP contribution in [0.4, 0.5) is 58.4 Å². The monoisotopic (exact) mass is 1320 g/mol. The highest BCUT2D eigenvalue weighted by Crippen LogP contribution is 2.59. The molecular formula is C76H75F12N5O2. The Bertz CT molecular complexity index is 4800. The average molecular weight is 1320 g/mol. The van der Waals surface area contributed by atoms with Crippen LogP contribution >= 0.6 is 0 Å². The summed E-state index contributed by atoms with van der Waals surface area (Å²) in [7, 11) is 0. The molecule has 2 N–H and O–H groups in total. The van der Waals surface area contributed by atoms with Gasteiger partial charge < -0.3 is 19.8 Å². The van der Waals surface area contributed by atoms with Gasteiger partial charge in [0.2, 0.25) is 10.8 Å². The van der Waals surface area contributed by atoms with Crippen LogP contribution in [0.25, 0.3) is 70.6 Å². The number of halogens is 12. The van der Waals surface area contributed by atoms with Crippen LogP contribution in [-0.4, -0.2) is 56.1 Å². The fourth-order valence-corrected chi connectivity index (χ4v) is 13.9. The van der Waals surface area contributed by atoms with Gasteiger partial charge in [0.1, 0.15) is 0 Å². The van der Waals surface area contributed by atoms with Crippen LogP contribution in [0, 0.1) is 13.8 Å². The molecule has 8 aromatic rings. The van der Waals surface area contributed by atoms with Crippen molar-refractivity contribution in [3.63, 3.8) is 0 Å². The van der Waals surface area contributed by atoms with E-state index in [1.54, 1.807) is 48.1 Å². The minimum atomic E-state index is -5.85. The molecule has 0 bridgehead atoms. The Labute approximate surface area is 543 Å². The minimum Gasteiger partial charge on any atom is -0.399 e. The van der Waals surface area contributed by atoms with E-state index >= 15 is 52.7 Å². The second-order valence-electron chi connectivity index (χ2n) is 28.7. The number of hydrogen-bond donors (Lipinski definition) is 1. The topological polar surface area (TPSA) is 76.5 Å². The third kappa shape index (κ3) is 10.9. The van der Waals surface area contributed by atoms with E-state index in [1.165, 1.54) is 21.9 Å². The van der Waals surface area contributed by atoms with E-state index in [1.807, 2.05) is 67.5 Å². The summed E-state index contributed by atoms with van der Waals surface area (Å²) in [4.78, 5) is 29.5. The summed E-state index contributed by atoms with van der Waals surface area (Å²) in [6, 6.07) is 20.0. The summed E-state index contributed by atoms with van der Waals surface area (Å²) < 4.78 is 186. The van der Waals surface area contributed by atoms with E-state index in [2.05, 4.69) is 66.8 Å². The zero-order valence-electron chi connectivity index (χ0n) is 55.5. The number of carbonyl (C=O) groups excluding carboxylic acids is 2. The summed E-state index contributed by atoms with van der Waals surface area (Å²) in [6.07, 6.45) is -23.4. The molecule has 0 saturated heterocycles. The number of carbonyl (C=O) groups is 2. The van der Waals surface area contributed by atoms with Crippen LogP contribution in [-0.2, 0) is 27.2 Å². The molecule has 0 aliphatic carbocycles. The van der Waals surface area contributed by atoms with E-state index in [-0.39, 0.29) is 60.5 Å². The Hall–Kier alpha value is -9.00. The molecule has 0 saturated carbocycles. The van der Waals surface area contributed by atoms with Crippen molar-refractivity contribution in [2.75, 3.05) is 4.90 Å². The summed E-state index contributed by atoms with van der Waals surface area (Å²) in [5, 5.41) is 2.24. The number of amides is 2. The number of alkyl halides is 12. The van der Waals surface area contributed by atoms with E-state index < -0.39 is 86.1 Å². The van der Waals surface area contributed by atoms with Crippen LogP contribution in [0.3, 0.4) is 0 Å². The summed E-state index contributed by atoms with van der Waals surface area (Å²) in [5.74, 6) is -1.35. The van der Waals surface area contributed by atoms with Crippen LogP contribution in [0.1, 0.15) is 165 Å². The first-order valence-electron chi connectivity index (χ1n) is 30.2. The third-order valence-electron chi connectivity index (χ3n) is 18.2. The van der Waals surface area contributed by atoms with Gasteiger partial charge in [-0.1, -0.05) is 142 Å². The van der Waals surface area contributed by atoms with Gasteiger partial charge in [-0.25, -0.2) is 0 Å². The molecule has 2 aromatic heterocycles. The number of fused-ring (bicyclic) bond motifs is 4. The highest BCUT2D eigenvalue weighted by molar-refractivity contribution is 6.22. The van der Waals surface area contributed by atoms with Crippen molar-refractivity contribution in [3.05, 3.63) is 217 Å². The molecule has 4 heterocycles. The van der Waals surface area contributed by atoms with Crippen LogP contribution in [0.2, 0.25) is 0 Å². The number of hydrogen-bond acceptors (Lipinski definition) is 3. The predicted octanol–water partition coefficient (Wildman–Crippen LogP) is 17.5. The first-order chi connectivity index (χ1) is 43.2. The maximum atomic E-state index is 15.3. The Morgan fingerprint density at radius 2 is 0.832 bits per heavy atom. The van der Waals surface area contributed by atoms with Gasteiger partial charge in [-0.3, -0.25) is 14.5 Å². The quantitative estimate of drug-likeness (QED) is 0.162. The number of benzene rings is 6. The standard InChI is InChI=1S/C38H37F6N3O.C38H38F6N2O/c1-20(45)27-16-13-26(19-32(27)34(5,6)7)46-21(2)30-17-25(12-15-29(30)33(46)48)36(37(39,40)41,38(42,43)44)24-11-14-28-22(3)47(35(8,9)10)23(4)31(28)18-24;1-20-17-32(21(2)16-31(20)34(6,7)8)45-22(3)27-14-12-25(18-29(27)23(45)4)36(37(39,40)41,38(42,43)44)26-13-15-28-24(5)46(35(9,10)11)33(47)30(28)19-26/h11-19H,1-4,45H2,5-10H3;12-19H,3-5H2,1-2,6-11H3. The summed E-state index contributed by atoms with van der Waals surface area (Å²) in [5.41, 5.74) is -3.74. The molecule has 2 aliphatic rings. The van der Waals surface area contributed by atoms with Crippen molar-refractivity contribution in [3.8, 4) is 5.69 Å². The second-order valence-corrected chi connectivity index (χ2v) is 28.7. The fourth-order valence-electron chi connectivity index (χ4n) is 13.9. The van der Waals surface area contributed by atoms with E-state index in [0.29, 0.717) is 50.2 Å². The number of nitrogens with two attached hydrogens (primary N) is 1. The molecule has 0 radical (unpaired) electrons. The van der Waals surface area contributed by atoms with Crippen LogP contribution in [0.5, 0.6) is 0 Å². The molecule has 95 heavy (non-hydrogen) atoms. The SMILES string of the molecule is C=C(N)c1ccc(N2C(=C)c3cc(C(c4ccc5c(=C)n(C(C)(C)C)c(=C)c5c4)(C(F)(F)F)C(F)(F)F)ccc3C2=O)cc1C(C)(C)C.C=C1c2ccc(C(c3ccc4c(=C)n(-c5cc(C)c(C(C)(C)C)cc5C)c(=C)c4c3)(C(F)(F)F)C(F)(F)F)cc2C(=O)N1C(C)(C)C. The smallest absolute Gasteiger partial charge is 0.399 e. The van der Waals surface area contributed by atoms with Crippen LogP contribution in [0.15, 0.2) is 123 Å². The van der Waals surface area contributed by atoms with Crippen molar-refractivity contribution in [2.24, 2.45) is 5.73 Å². The van der Waals surface area contributed by atoms with Gasteiger partial charge in [0, 0.05) is 105 Å². The fraction of sp³-hybridized carbons (Fsp3) is 0.316. The average Bonchev–Trinajstić information content (AvgIpc) is 1.69. The van der Waals surface area contributed by atoms with Gasteiger partial charge in [-0.2, -0.15) is 52.7 Å². The normalized spacial score (nSPS) is 14.7. The molecule has 0 unspecified atom stereocenters. The maximum absolute atomic E-state index is 15.3. The van der Waals surface area contributed by atoms with Gasteiger partial charge >= 0.3 is 24.7 Å². The number of nitrogens with zero attached hydrogens (tertiary/aromatic N) is 4. The molecule has 19 heteroatoms. The Balaban J connectivity index is 0.000000223. The maximum Gasteiger partial charge on any atom is 0.411 e. The molecule has 0 atom stereocenters. The molecule has 500 valence electrons. The Morgan fingerprint density at radius 3 is 1.28 bits per heavy atom. The zero-order chi connectivity index (χ0) is 71.5. The number of anilines is 1. The van der Waals surface area contributed by atoms with Crippen LogP contribution < -0.4 is 32.0 Å². The molecular weight excluding hydrogens is 1240 g/mol. The van der Waals surface area contributed by atoms with Gasteiger partial charge in [0.25, 0.3) is 11.8 Å². The van der Waals surface area contributed by atoms with E-state index in [9.17, 15) is 9.59 Å². The second kappa shape index (κ2) is 22.3. The molecule has 10 rings (SSSR count). The largest absolute Gasteiger partial charge is 0.411 e. The number of aryl methyl sites for hydroxylation is 2. The number of rotatable bonds is 7. The number of aromatic nitrogens is 2. The molecule has 2 aliphatic heterocycles. The summed E-state index contributed by atoms with van der Waals surface area (Å²) >= 11 is 0. The lowest BCUT2D eigenvalue weighted by Crippen LogP contribution is -2.54. The Kier molecular flexibility index (Phi) is 16.5. The zero-order valence-corrected chi connectivity index (χ0v) is 55.5. The molecule has 7 nitrogen and oxygen atoms in total. The van der Waals surface area contributed by atoms with Gasteiger partial charge in [-0.15, -0.1) is 0 Å².